The van der Waals surface area contributed by atoms with Crippen molar-refractivity contribution in [3.05, 3.63) is 22.2 Å². The molecule has 0 spiro atoms. The van der Waals surface area contributed by atoms with Crippen LogP contribution in [-0.4, -0.2) is 49.0 Å². The van der Waals surface area contributed by atoms with E-state index in [9.17, 15) is 18.3 Å². The van der Waals surface area contributed by atoms with Gasteiger partial charge in [0, 0.05) is 32.2 Å². The lowest BCUT2D eigenvalue weighted by Gasteiger charge is -2.36. The molecule has 1 aliphatic heterocycles. The molecular weight excluding hydrogens is 377 g/mol. The molecule has 1 aromatic carbocycles. The zero-order chi connectivity index (χ0) is 17.0. The largest absolute Gasteiger partial charge is 0.503 e. The number of halogens is 4. The van der Waals surface area contributed by atoms with Gasteiger partial charge in [0.1, 0.15) is 0 Å². The van der Waals surface area contributed by atoms with Gasteiger partial charge in [-0.05, 0) is 40.5 Å². The molecule has 0 saturated carbocycles. The van der Waals surface area contributed by atoms with E-state index in [1.165, 1.54) is 12.1 Å². The number of hydrogen-bond donors (Lipinski definition) is 2. The number of piperazine rings is 1. The third-order valence-corrected chi connectivity index (χ3v) is 4.36. The third-order valence-electron chi connectivity index (χ3n) is 3.75. The van der Waals surface area contributed by atoms with Crippen LogP contribution in [-0.2, 0) is 0 Å². The van der Waals surface area contributed by atoms with Crippen molar-refractivity contribution in [2.45, 2.75) is 25.6 Å². The summed E-state index contributed by atoms with van der Waals surface area (Å²) in [5, 5.41) is 13.1. The number of phenols is 1. The molecule has 1 aliphatic rings. The Kier molecular flexibility index (Phi) is 6.16. The Morgan fingerprint density at radius 1 is 1.35 bits per heavy atom. The standard InChI is InChI=1S/C15H20BrF3N2O2/c1-2-23-13-8-10(7-11(16)14(13)22)12(9-15(17,18)19)21-5-3-20-4-6-21/h7-8,12,20,22H,2-6,9H2,1H3/t12-/m0/s1. The summed E-state index contributed by atoms with van der Waals surface area (Å²) < 4.78 is 44.8. The second kappa shape index (κ2) is 7.72. The lowest BCUT2D eigenvalue weighted by molar-refractivity contribution is -0.148. The Bertz CT molecular complexity index is 534. The highest BCUT2D eigenvalue weighted by Gasteiger charge is 2.36. The first-order valence-corrected chi connectivity index (χ1v) is 8.28. The number of hydrogen-bond acceptors (Lipinski definition) is 4. The van der Waals surface area contributed by atoms with E-state index >= 15 is 0 Å². The molecule has 2 N–H and O–H groups in total. The molecule has 130 valence electrons. The molecule has 0 radical (unpaired) electrons. The maximum atomic E-state index is 13.0. The van der Waals surface area contributed by atoms with E-state index in [0.29, 0.717) is 42.8 Å². The Morgan fingerprint density at radius 3 is 2.57 bits per heavy atom. The van der Waals surface area contributed by atoms with Gasteiger partial charge in [-0.2, -0.15) is 13.2 Å². The monoisotopic (exact) mass is 396 g/mol. The summed E-state index contributed by atoms with van der Waals surface area (Å²) in [6, 6.07) is 2.24. The van der Waals surface area contributed by atoms with Gasteiger partial charge in [-0.25, -0.2) is 0 Å². The van der Waals surface area contributed by atoms with E-state index in [1.54, 1.807) is 6.92 Å². The van der Waals surface area contributed by atoms with Crippen LogP contribution in [0.4, 0.5) is 13.2 Å². The van der Waals surface area contributed by atoms with Crippen LogP contribution in [0.1, 0.15) is 24.9 Å². The van der Waals surface area contributed by atoms with Gasteiger partial charge in [-0.15, -0.1) is 0 Å². The molecule has 1 heterocycles. The Balaban J connectivity index is 2.37. The quantitative estimate of drug-likeness (QED) is 0.799. The van der Waals surface area contributed by atoms with Gasteiger partial charge in [-0.1, -0.05) is 0 Å². The first kappa shape index (κ1) is 18.4. The second-order valence-electron chi connectivity index (χ2n) is 5.40. The van der Waals surface area contributed by atoms with Crippen LogP contribution < -0.4 is 10.1 Å². The van der Waals surface area contributed by atoms with Crippen molar-refractivity contribution in [1.82, 2.24) is 10.2 Å². The molecule has 0 aliphatic carbocycles. The Hall–Kier alpha value is -0.990. The first-order chi connectivity index (χ1) is 10.8. The van der Waals surface area contributed by atoms with E-state index in [2.05, 4.69) is 21.2 Å². The molecule has 1 fully saturated rings. The van der Waals surface area contributed by atoms with Crippen molar-refractivity contribution >= 4 is 15.9 Å². The summed E-state index contributed by atoms with van der Waals surface area (Å²) in [7, 11) is 0. The zero-order valence-corrected chi connectivity index (χ0v) is 14.4. The lowest BCUT2D eigenvalue weighted by atomic mass is 10.00. The molecule has 1 aromatic rings. The number of phenolic OH excluding ortho intramolecular Hbond substituents is 1. The van der Waals surface area contributed by atoms with Crippen LogP contribution >= 0.6 is 15.9 Å². The molecule has 0 amide bonds. The summed E-state index contributed by atoms with van der Waals surface area (Å²) in [5.41, 5.74) is 0.484. The molecule has 23 heavy (non-hydrogen) atoms. The van der Waals surface area contributed by atoms with Gasteiger partial charge in [-0.3, -0.25) is 4.90 Å². The van der Waals surface area contributed by atoms with Crippen LogP contribution in [0.25, 0.3) is 0 Å². The van der Waals surface area contributed by atoms with Gasteiger partial charge in [0.25, 0.3) is 0 Å². The minimum absolute atomic E-state index is 0.0957. The van der Waals surface area contributed by atoms with Gasteiger partial charge < -0.3 is 15.2 Å². The summed E-state index contributed by atoms with van der Waals surface area (Å²) in [6.45, 7) is 4.48. The maximum absolute atomic E-state index is 13.0. The number of nitrogens with one attached hydrogen (secondary N) is 1. The smallest absolute Gasteiger partial charge is 0.390 e. The fourth-order valence-electron chi connectivity index (χ4n) is 2.72. The van der Waals surface area contributed by atoms with Crippen molar-refractivity contribution in [3.8, 4) is 11.5 Å². The molecule has 1 atom stereocenters. The third kappa shape index (κ3) is 4.99. The first-order valence-electron chi connectivity index (χ1n) is 7.48. The molecule has 2 rings (SSSR count). The van der Waals surface area contributed by atoms with E-state index in [1.807, 2.05) is 4.90 Å². The fourth-order valence-corrected chi connectivity index (χ4v) is 3.18. The zero-order valence-electron chi connectivity index (χ0n) is 12.8. The van der Waals surface area contributed by atoms with Crippen molar-refractivity contribution in [2.24, 2.45) is 0 Å². The minimum Gasteiger partial charge on any atom is -0.503 e. The Labute approximate surface area is 141 Å². The van der Waals surface area contributed by atoms with Crippen LogP contribution in [0.5, 0.6) is 11.5 Å². The molecule has 0 bridgehead atoms. The normalized spacial score (nSPS) is 18.0. The van der Waals surface area contributed by atoms with Crippen LogP contribution in [0.2, 0.25) is 0 Å². The van der Waals surface area contributed by atoms with Gasteiger partial charge >= 0.3 is 6.18 Å². The maximum Gasteiger partial charge on any atom is 0.390 e. The topological polar surface area (TPSA) is 44.7 Å². The predicted octanol–water partition coefficient (Wildman–Crippen LogP) is 3.45. The van der Waals surface area contributed by atoms with E-state index < -0.39 is 18.6 Å². The summed E-state index contributed by atoms with van der Waals surface area (Å²) >= 11 is 3.20. The second-order valence-corrected chi connectivity index (χ2v) is 6.26. The van der Waals surface area contributed by atoms with E-state index in [-0.39, 0.29) is 11.5 Å². The minimum atomic E-state index is -4.27. The van der Waals surface area contributed by atoms with Crippen LogP contribution in [0.3, 0.4) is 0 Å². The molecule has 8 heteroatoms. The van der Waals surface area contributed by atoms with Crippen molar-refractivity contribution in [3.63, 3.8) is 0 Å². The van der Waals surface area contributed by atoms with Crippen molar-refractivity contribution < 1.29 is 23.0 Å². The highest BCUT2D eigenvalue weighted by Crippen LogP contribution is 2.41. The average Bonchev–Trinajstić information content (AvgIpc) is 2.49. The average molecular weight is 397 g/mol. The van der Waals surface area contributed by atoms with E-state index in [0.717, 1.165) is 0 Å². The fraction of sp³-hybridized carbons (Fsp3) is 0.600. The highest BCUT2D eigenvalue weighted by molar-refractivity contribution is 9.10. The number of nitrogens with zero attached hydrogens (tertiary/aromatic N) is 1. The summed E-state index contributed by atoms with van der Waals surface area (Å²) in [4.78, 5) is 1.82. The number of alkyl halides is 3. The predicted molar refractivity (Wildman–Crippen MR) is 84.8 cm³/mol. The molecular formula is C15H20BrF3N2O2. The molecule has 0 aromatic heterocycles. The molecule has 1 saturated heterocycles. The van der Waals surface area contributed by atoms with Crippen LogP contribution in [0, 0.1) is 0 Å². The molecule has 4 nitrogen and oxygen atoms in total. The van der Waals surface area contributed by atoms with Gasteiger partial charge in [0.2, 0.25) is 0 Å². The SMILES string of the molecule is CCOc1cc([C@H](CC(F)(F)F)N2CCNCC2)cc(Br)c1O. The lowest BCUT2D eigenvalue weighted by Crippen LogP contribution is -2.46. The molecule has 0 unspecified atom stereocenters. The number of aromatic hydroxyl groups is 1. The number of rotatable bonds is 5. The number of benzene rings is 1. The summed E-state index contributed by atoms with van der Waals surface area (Å²) in [5.74, 6) is 0.0980. The van der Waals surface area contributed by atoms with Gasteiger partial charge in [0.05, 0.1) is 17.5 Å². The van der Waals surface area contributed by atoms with Crippen LogP contribution in [0.15, 0.2) is 16.6 Å². The van der Waals surface area contributed by atoms with E-state index in [4.69, 9.17) is 4.74 Å². The summed E-state index contributed by atoms with van der Waals surface area (Å²) in [6.07, 6.45) is -5.21. The number of ether oxygens (including phenoxy) is 1. The Morgan fingerprint density at radius 2 is 2.00 bits per heavy atom. The van der Waals surface area contributed by atoms with Crippen molar-refractivity contribution in [1.29, 1.82) is 0 Å². The van der Waals surface area contributed by atoms with Gasteiger partial charge in [0.15, 0.2) is 11.5 Å². The van der Waals surface area contributed by atoms with Crippen molar-refractivity contribution in [2.75, 3.05) is 32.8 Å². The highest BCUT2D eigenvalue weighted by atomic mass is 79.9.